The van der Waals surface area contributed by atoms with Crippen molar-refractivity contribution in [3.05, 3.63) is 46.6 Å². The van der Waals surface area contributed by atoms with Crippen LogP contribution in [0.5, 0.6) is 23.0 Å². The number of ether oxygens (including phenoxy) is 3. The fourth-order valence-corrected chi connectivity index (χ4v) is 3.57. The maximum atomic E-state index is 12.6. The second-order valence-electron chi connectivity index (χ2n) is 7.53. The second-order valence-corrected chi connectivity index (χ2v) is 7.53. The minimum absolute atomic E-state index is 0.0748. The molecule has 0 unspecified atom stereocenters. The summed E-state index contributed by atoms with van der Waals surface area (Å²) in [4.78, 5) is 23.9. The minimum atomic E-state index is -1.90. The van der Waals surface area contributed by atoms with Gasteiger partial charge < -0.3 is 49.3 Å². The van der Waals surface area contributed by atoms with Gasteiger partial charge in [-0.05, 0) is 18.2 Å². The van der Waals surface area contributed by atoms with Crippen LogP contribution in [-0.4, -0.2) is 74.4 Å². The summed E-state index contributed by atoms with van der Waals surface area (Å²) < 4.78 is 21.3. The lowest BCUT2D eigenvalue weighted by atomic mass is 9.99. The lowest BCUT2D eigenvalue weighted by Gasteiger charge is -2.38. The molecular weight excluding hydrogens is 456 g/mol. The first kappa shape index (κ1) is 23.3. The molecule has 12 nitrogen and oxygen atoms in total. The third-order valence-corrected chi connectivity index (χ3v) is 5.31. The summed E-state index contributed by atoms with van der Waals surface area (Å²) in [6.07, 6.45) is -9.23. The van der Waals surface area contributed by atoms with Crippen molar-refractivity contribution in [2.45, 2.75) is 30.7 Å². The number of hydrogen-bond acceptors (Lipinski definition) is 11. The topological polar surface area (TPSA) is 196 Å². The summed E-state index contributed by atoms with van der Waals surface area (Å²) in [6.45, 7) is 0. The number of phenolic OH excluding ortho intramolecular Hbond substituents is 2. The number of carboxylic acid groups (broad SMARTS) is 1. The first-order chi connectivity index (χ1) is 16.1. The first-order valence-electron chi connectivity index (χ1n) is 9.88. The van der Waals surface area contributed by atoms with Crippen molar-refractivity contribution in [1.82, 2.24) is 0 Å². The fraction of sp³-hybridized carbons (Fsp3) is 0.273. The number of hydrogen-bond donors (Lipinski definition) is 6. The predicted molar refractivity (Wildman–Crippen MR) is 113 cm³/mol. The van der Waals surface area contributed by atoms with E-state index in [2.05, 4.69) is 0 Å². The van der Waals surface area contributed by atoms with Gasteiger partial charge in [-0.3, -0.25) is 4.79 Å². The second kappa shape index (κ2) is 8.83. The van der Waals surface area contributed by atoms with Gasteiger partial charge in [-0.25, -0.2) is 4.79 Å². The molecule has 34 heavy (non-hydrogen) atoms. The first-order valence-corrected chi connectivity index (χ1v) is 9.88. The summed E-state index contributed by atoms with van der Waals surface area (Å²) in [5.41, 5.74) is -0.331. The number of phenols is 2. The van der Waals surface area contributed by atoms with Gasteiger partial charge in [0.05, 0.1) is 7.11 Å². The molecule has 2 aromatic carbocycles. The summed E-state index contributed by atoms with van der Waals surface area (Å²) in [5, 5.41) is 59.0. The van der Waals surface area contributed by atoms with Crippen LogP contribution in [0.3, 0.4) is 0 Å². The van der Waals surface area contributed by atoms with E-state index < -0.39 is 47.9 Å². The summed E-state index contributed by atoms with van der Waals surface area (Å²) in [5.74, 6) is -2.22. The van der Waals surface area contributed by atoms with Crippen molar-refractivity contribution in [3.8, 4) is 34.3 Å². The van der Waals surface area contributed by atoms with Crippen LogP contribution < -0.4 is 14.9 Å². The van der Waals surface area contributed by atoms with E-state index in [0.29, 0.717) is 5.56 Å². The summed E-state index contributed by atoms with van der Waals surface area (Å²) >= 11 is 0. The highest BCUT2D eigenvalue weighted by molar-refractivity contribution is 5.86. The molecule has 6 N–H and O–H groups in total. The maximum absolute atomic E-state index is 12.6. The van der Waals surface area contributed by atoms with E-state index >= 15 is 0 Å². The van der Waals surface area contributed by atoms with E-state index in [4.69, 9.17) is 23.7 Å². The summed E-state index contributed by atoms with van der Waals surface area (Å²) in [7, 11) is 1.35. The predicted octanol–water partition coefficient (Wildman–Crippen LogP) is 0.151. The molecule has 1 saturated heterocycles. The van der Waals surface area contributed by atoms with E-state index in [1.165, 1.54) is 31.4 Å². The van der Waals surface area contributed by atoms with E-state index in [0.717, 1.165) is 12.1 Å². The average Bonchev–Trinajstić information content (AvgIpc) is 2.79. The van der Waals surface area contributed by atoms with Crippen molar-refractivity contribution in [2.24, 2.45) is 0 Å². The van der Waals surface area contributed by atoms with Gasteiger partial charge in [-0.1, -0.05) is 0 Å². The molecule has 0 amide bonds. The number of benzene rings is 2. The molecule has 5 atom stereocenters. The van der Waals surface area contributed by atoms with Crippen LogP contribution in [0.2, 0.25) is 0 Å². The molecule has 1 fully saturated rings. The molecule has 2 heterocycles. The normalized spacial score (nSPS) is 24.6. The highest BCUT2D eigenvalue weighted by atomic mass is 16.7. The SMILES string of the molecule is COc1cc(-c2cc(=O)c3c(O)cc(O[C@@H]4O[C@@H](C(=O)O)[C@H](O)[C@@H](O)[C@@H]4O)cc3o2)ccc1O. The molecule has 1 aliphatic heterocycles. The molecule has 0 radical (unpaired) electrons. The zero-order chi connectivity index (χ0) is 24.7. The number of aliphatic hydroxyl groups excluding tert-OH is 3. The molecule has 0 aliphatic carbocycles. The lowest BCUT2D eigenvalue weighted by Crippen LogP contribution is -2.61. The standard InChI is InChI=1S/C22H20O12/c1-31-14-4-8(2-3-10(14)23)13-7-12(25)16-11(24)5-9(6-15(16)33-13)32-22-19(28)17(26)18(27)20(34-22)21(29)30/h2-7,17-20,22-24,26-28H,1H3,(H,29,30)/t17-,18-,19+,20-,22-/m1/s1. The number of rotatable bonds is 5. The molecule has 1 aromatic heterocycles. The number of aromatic hydroxyl groups is 2. The number of fused-ring (bicyclic) bond motifs is 1. The van der Waals surface area contributed by atoms with Gasteiger partial charge in [-0.2, -0.15) is 0 Å². The monoisotopic (exact) mass is 476 g/mol. The number of aliphatic hydroxyl groups is 3. The quantitative estimate of drug-likeness (QED) is 0.292. The third kappa shape index (κ3) is 4.10. The van der Waals surface area contributed by atoms with Gasteiger partial charge in [0.25, 0.3) is 0 Å². The Bertz CT molecular complexity index is 1300. The average molecular weight is 476 g/mol. The van der Waals surface area contributed by atoms with Gasteiger partial charge in [0.2, 0.25) is 6.29 Å². The van der Waals surface area contributed by atoms with Crippen molar-refractivity contribution in [3.63, 3.8) is 0 Å². The van der Waals surface area contributed by atoms with Crippen LogP contribution in [-0.2, 0) is 9.53 Å². The van der Waals surface area contributed by atoms with Gasteiger partial charge in [0, 0.05) is 23.8 Å². The van der Waals surface area contributed by atoms with E-state index in [1.54, 1.807) is 0 Å². The van der Waals surface area contributed by atoms with Crippen LogP contribution in [0.25, 0.3) is 22.3 Å². The molecule has 180 valence electrons. The largest absolute Gasteiger partial charge is 0.507 e. The molecular formula is C22H20O12. The van der Waals surface area contributed by atoms with Crippen molar-refractivity contribution in [1.29, 1.82) is 0 Å². The van der Waals surface area contributed by atoms with Gasteiger partial charge >= 0.3 is 5.97 Å². The number of carbonyl (C=O) groups is 1. The van der Waals surface area contributed by atoms with Crippen LogP contribution in [0.15, 0.2) is 45.6 Å². The number of methoxy groups -OCH3 is 1. The third-order valence-electron chi connectivity index (χ3n) is 5.31. The Morgan fingerprint density at radius 3 is 2.38 bits per heavy atom. The minimum Gasteiger partial charge on any atom is -0.507 e. The van der Waals surface area contributed by atoms with Gasteiger partial charge in [0.1, 0.15) is 46.5 Å². The zero-order valence-electron chi connectivity index (χ0n) is 17.5. The molecule has 4 rings (SSSR count). The smallest absolute Gasteiger partial charge is 0.335 e. The Hall–Kier alpha value is -3.84. The van der Waals surface area contributed by atoms with Crippen LogP contribution in [0.4, 0.5) is 0 Å². The molecule has 1 aliphatic rings. The molecule has 0 saturated carbocycles. The van der Waals surface area contributed by atoms with Crippen molar-refractivity contribution >= 4 is 16.9 Å². The Balaban J connectivity index is 1.73. The Morgan fingerprint density at radius 1 is 0.971 bits per heavy atom. The van der Waals surface area contributed by atoms with E-state index in [9.17, 15) is 35.1 Å². The summed E-state index contributed by atoms with van der Waals surface area (Å²) in [6, 6.07) is 7.61. The maximum Gasteiger partial charge on any atom is 0.335 e. The molecule has 0 bridgehead atoms. The molecule has 0 spiro atoms. The van der Waals surface area contributed by atoms with Crippen LogP contribution in [0, 0.1) is 0 Å². The Labute approximate surface area is 190 Å². The van der Waals surface area contributed by atoms with E-state index in [1.807, 2.05) is 0 Å². The highest BCUT2D eigenvalue weighted by Gasteiger charge is 2.48. The molecule has 12 heteroatoms. The van der Waals surface area contributed by atoms with Gasteiger partial charge in [0.15, 0.2) is 23.0 Å². The van der Waals surface area contributed by atoms with Crippen molar-refractivity contribution in [2.75, 3.05) is 7.11 Å². The Kier molecular flexibility index (Phi) is 6.06. The van der Waals surface area contributed by atoms with Gasteiger partial charge in [-0.15, -0.1) is 0 Å². The molecule has 3 aromatic rings. The Morgan fingerprint density at radius 2 is 1.71 bits per heavy atom. The lowest BCUT2D eigenvalue weighted by molar-refractivity contribution is -0.271. The van der Waals surface area contributed by atoms with Crippen LogP contribution >= 0.6 is 0 Å². The highest BCUT2D eigenvalue weighted by Crippen LogP contribution is 2.35. The van der Waals surface area contributed by atoms with E-state index in [-0.39, 0.29) is 34.0 Å². The fourth-order valence-electron chi connectivity index (χ4n) is 3.57. The van der Waals surface area contributed by atoms with Crippen LogP contribution in [0.1, 0.15) is 0 Å². The van der Waals surface area contributed by atoms with Crippen molar-refractivity contribution < 1.29 is 54.1 Å². The zero-order valence-corrected chi connectivity index (χ0v) is 17.5. The number of aliphatic carboxylic acids is 1. The number of carboxylic acids is 1.